The highest BCUT2D eigenvalue weighted by Crippen LogP contribution is 2.44. The molecule has 6 heteroatoms. The molecule has 144 valence electrons. The number of carbonyl (C=O) groups is 1. The van der Waals surface area contributed by atoms with Gasteiger partial charge in [0.1, 0.15) is 11.8 Å². The van der Waals surface area contributed by atoms with E-state index >= 15 is 0 Å². The largest absolute Gasteiger partial charge is 0.449 e. The van der Waals surface area contributed by atoms with Crippen molar-refractivity contribution in [3.8, 4) is 23.0 Å². The highest BCUT2D eigenvalue weighted by molar-refractivity contribution is 6.29. The van der Waals surface area contributed by atoms with E-state index < -0.39 is 6.09 Å². The van der Waals surface area contributed by atoms with E-state index in [0.717, 1.165) is 0 Å². The van der Waals surface area contributed by atoms with Gasteiger partial charge in [-0.1, -0.05) is 72.0 Å². The van der Waals surface area contributed by atoms with Crippen LogP contribution in [0.15, 0.2) is 60.8 Å². The number of amides is 1. The van der Waals surface area contributed by atoms with E-state index in [1.807, 2.05) is 24.3 Å². The monoisotopic (exact) mass is 403 g/mol. The number of alkyl carbamates (subject to hydrolysis) is 1. The zero-order valence-corrected chi connectivity index (χ0v) is 16.2. The minimum Gasteiger partial charge on any atom is -0.449 e. The number of halogens is 1. The topological polar surface area (TPSA) is 77.2 Å². The lowest BCUT2D eigenvalue weighted by Gasteiger charge is -2.14. The number of nitrogens with zero attached hydrogens (tertiary/aromatic N) is 1. The molecule has 0 atom stereocenters. The number of fused-ring (bicyclic) bond motifs is 3. The van der Waals surface area contributed by atoms with Gasteiger partial charge >= 0.3 is 6.09 Å². The van der Waals surface area contributed by atoms with Crippen molar-refractivity contribution in [1.29, 1.82) is 0 Å². The summed E-state index contributed by atoms with van der Waals surface area (Å²) < 4.78 is 5.46. The molecule has 1 aliphatic rings. The van der Waals surface area contributed by atoms with E-state index in [2.05, 4.69) is 46.4 Å². The van der Waals surface area contributed by atoms with Crippen LogP contribution in [0.4, 0.5) is 10.5 Å². The lowest BCUT2D eigenvalue weighted by molar-refractivity contribution is 0.144. The fourth-order valence-corrected chi connectivity index (χ4v) is 3.62. The first kappa shape index (κ1) is 18.9. The van der Waals surface area contributed by atoms with Gasteiger partial charge in [0.2, 0.25) is 0 Å². The summed E-state index contributed by atoms with van der Waals surface area (Å²) in [5.41, 5.74) is 11.6. The maximum absolute atomic E-state index is 12.1. The van der Waals surface area contributed by atoms with Gasteiger partial charge in [0.15, 0.2) is 0 Å². The quantitative estimate of drug-likeness (QED) is 0.507. The molecule has 29 heavy (non-hydrogen) atoms. The van der Waals surface area contributed by atoms with Gasteiger partial charge in [0, 0.05) is 12.1 Å². The van der Waals surface area contributed by atoms with Gasteiger partial charge in [-0.05, 0) is 28.3 Å². The predicted octanol–water partition coefficient (Wildman–Crippen LogP) is 4.21. The van der Waals surface area contributed by atoms with Gasteiger partial charge in [-0.3, -0.25) is 0 Å². The number of pyridine rings is 1. The average molecular weight is 404 g/mol. The van der Waals surface area contributed by atoms with Crippen LogP contribution < -0.4 is 11.1 Å². The van der Waals surface area contributed by atoms with Crippen molar-refractivity contribution in [1.82, 2.24) is 10.3 Å². The minimum atomic E-state index is -0.511. The summed E-state index contributed by atoms with van der Waals surface area (Å²) in [6.45, 7) is 0.403. The number of carbonyl (C=O) groups excluding carboxylic acids is 1. The summed E-state index contributed by atoms with van der Waals surface area (Å²) in [5.74, 6) is 5.71. The SMILES string of the molecule is Nc1cc(Cl)ncc1C#CCNC(=O)OCC1c2ccccc2-c2ccccc21. The van der Waals surface area contributed by atoms with Crippen LogP contribution in [0.2, 0.25) is 5.15 Å². The van der Waals surface area contributed by atoms with Crippen LogP contribution in [0, 0.1) is 11.8 Å². The molecule has 1 aliphatic carbocycles. The second kappa shape index (κ2) is 8.26. The van der Waals surface area contributed by atoms with Gasteiger partial charge < -0.3 is 15.8 Å². The molecule has 1 aromatic heterocycles. The number of hydrogen-bond donors (Lipinski definition) is 2. The van der Waals surface area contributed by atoms with Crippen molar-refractivity contribution in [2.75, 3.05) is 18.9 Å². The molecule has 5 nitrogen and oxygen atoms in total. The summed E-state index contributed by atoms with van der Waals surface area (Å²) in [5, 5.41) is 2.94. The molecule has 3 N–H and O–H groups in total. The standard InChI is InChI=1S/C23H18ClN3O2/c24-22-12-21(25)15(13-27-22)6-5-11-26-23(28)29-14-20-18-9-3-1-7-16(18)17-8-2-4-10-19(17)20/h1-4,7-10,12-13,20H,11,14H2,(H2,25,27)(H,26,28). The Hall–Kier alpha value is -3.49. The first-order valence-corrected chi connectivity index (χ1v) is 9.50. The molecular weight excluding hydrogens is 386 g/mol. The van der Waals surface area contributed by atoms with Crippen LogP contribution in [0.25, 0.3) is 11.1 Å². The normalized spacial score (nSPS) is 11.8. The third-order valence-corrected chi connectivity index (χ3v) is 5.00. The number of ether oxygens (including phenoxy) is 1. The molecule has 0 unspecified atom stereocenters. The molecule has 1 heterocycles. The average Bonchev–Trinajstić information content (AvgIpc) is 3.05. The second-order valence-corrected chi connectivity index (χ2v) is 6.96. The molecule has 0 saturated carbocycles. The van der Waals surface area contributed by atoms with Crippen LogP contribution in [0.5, 0.6) is 0 Å². The fraction of sp³-hybridized carbons (Fsp3) is 0.130. The number of nitrogens with one attached hydrogen (secondary N) is 1. The van der Waals surface area contributed by atoms with Crippen molar-refractivity contribution in [3.05, 3.63) is 82.6 Å². The number of benzene rings is 2. The predicted molar refractivity (Wildman–Crippen MR) is 114 cm³/mol. The van der Waals surface area contributed by atoms with E-state index in [1.54, 1.807) is 0 Å². The zero-order chi connectivity index (χ0) is 20.2. The Labute approximate surface area is 173 Å². The van der Waals surface area contributed by atoms with E-state index in [-0.39, 0.29) is 19.1 Å². The molecule has 0 fully saturated rings. The molecule has 2 aromatic carbocycles. The number of hydrogen-bond acceptors (Lipinski definition) is 4. The smallest absolute Gasteiger partial charge is 0.407 e. The van der Waals surface area contributed by atoms with E-state index in [0.29, 0.717) is 16.4 Å². The first-order chi connectivity index (χ1) is 14.1. The van der Waals surface area contributed by atoms with Crippen molar-refractivity contribution >= 4 is 23.4 Å². The van der Waals surface area contributed by atoms with Crippen molar-refractivity contribution in [2.24, 2.45) is 0 Å². The van der Waals surface area contributed by atoms with Gasteiger partial charge in [0.25, 0.3) is 0 Å². The van der Waals surface area contributed by atoms with Crippen molar-refractivity contribution < 1.29 is 9.53 Å². The van der Waals surface area contributed by atoms with Gasteiger partial charge in [-0.2, -0.15) is 0 Å². The second-order valence-electron chi connectivity index (χ2n) is 6.58. The van der Waals surface area contributed by atoms with E-state index in [4.69, 9.17) is 22.1 Å². The molecule has 0 radical (unpaired) electrons. The highest BCUT2D eigenvalue weighted by Gasteiger charge is 2.28. The molecule has 0 spiro atoms. The number of nitrogens with two attached hydrogens (primary N) is 1. The Morgan fingerprint density at radius 3 is 2.45 bits per heavy atom. The maximum Gasteiger partial charge on any atom is 0.407 e. The molecule has 0 aliphatic heterocycles. The van der Waals surface area contributed by atoms with Crippen LogP contribution >= 0.6 is 11.6 Å². The van der Waals surface area contributed by atoms with Gasteiger partial charge in [-0.25, -0.2) is 9.78 Å². The maximum atomic E-state index is 12.1. The third kappa shape index (κ3) is 4.03. The number of rotatable bonds is 3. The number of nitrogen functional groups attached to an aromatic ring is 1. The Morgan fingerprint density at radius 2 is 1.79 bits per heavy atom. The lowest BCUT2D eigenvalue weighted by atomic mass is 9.98. The molecule has 1 amide bonds. The summed E-state index contributed by atoms with van der Waals surface area (Å²) in [4.78, 5) is 16.0. The Kier molecular flexibility index (Phi) is 5.37. The molecular formula is C23H18ClN3O2. The third-order valence-electron chi connectivity index (χ3n) is 4.79. The van der Waals surface area contributed by atoms with Crippen LogP contribution in [0.1, 0.15) is 22.6 Å². The lowest BCUT2D eigenvalue weighted by Crippen LogP contribution is -2.26. The molecule has 0 bridgehead atoms. The van der Waals surface area contributed by atoms with Crippen LogP contribution in [-0.4, -0.2) is 24.2 Å². The number of anilines is 1. The van der Waals surface area contributed by atoms with Crippen LogP contribution in [-0.2, 0) is 4.74 Å². The summed E-state index contributed by atoms with van der Waals surface area (Å²) >= 11 is 5.76. The summed E-state index contributed by atoms with van der Waals surface area (Å²) in [6.07, 6.45) is 0.987. The zero-order valence-electron chi connectivity index (χ0n) is 15.5. The van der Waals surface area contributed by atoms with Gasteiger partial charge in [0.05, 0.1) is 17.8 Å². The summed E-state index contributed by atoms with van der Waals surface area (Å²) in [7, 11) is 0. The summed E-state index contributed by atoms with van der Waals surface area (Å²) in [6, 6.07) is 17.9. The van der Waals surface area contributed by atoms with Crippen molar-refractivity contribution in [2.45, 2.75) is 5.92 Å². The van der Waals surface area contributed by atoms with E-state index in [9.17, 15) is 4.79 Å². The molecule has 0 saturated heterocycles. The molecule has 4 rings (SSSR count). The van der Waals surface area contributed by atoms with E-state index in [1.165, 1.54) is 34.5 Å². The van der Waals surface area contributed by atoms with Gasteiger partial charge in [-0.15, -0.1) is 0 Å². The Bertz CT molecular complexity index is 1090. The Balaban J connectivity index is 1.35. The molecule has 3 aromatic rings. The highest BCUT2D eigenvalue weighted by atomic mass is 35.5. The van der Waals surface area contributed by atoms with Crippen LogP contribution in [0.3, 0.4) is 0 Å². The number of aromatic nitrogens is 1. The van der Waals surface area contributed by atoms with Crippen molar-refractivity contribution in [3.63, 3.8) is 0 Å². The Morgan fingerprint density at radius 1 is 1.14 bits per heavy atom. The fourth-order valence-electron chi connectivity index (χ4n) is 3.45. The first-order valence-electron chi connectivity index (χ1n) is 9.12. The minimum absolute atomic E-state index is 0.0270.